The van der Waals surface area contributed by atoms with Crippen molar-refractivity contribution in [3.63, 3.8) is 0 Å². The van der Waals surface area contributed by atoms with E-state index in [1.54, 1.807) is 32.9 Å². The number of hydrogen-bond donors (Lipinski definition) is 3. The fourth-order valence-corrected chi connectivity index (χ4v) is 5.93. The van der Waals surface area contributed by atoms with Gasteiger partial charge in [0.05, 0.1) is 18.1 Å². The summed E-state index contributed by atoms with van der Waals surface area (Å²) < 4.78 is 46.0. The molecule has 13 heteroatoms. The lowest BCUT2D eigenvalue weighted by molar-refractivity contribution is -0.153. The molecule has 0 aromatic heterocycles. The number of nitrogens with zero attached hydrogens (tertiary/aromatic N) is 1. The number of ketones is 1. The number of nitrogens with two attached hydrogens (primary N) is 1. The molecule has 0 aliphatic carbocycles. The maximum Gasteiger partial charge on any atom is 0.311 e. The van der Waals surface area contributed by atoms with E-state index in [1.165, 1.54) is 16.7 Å². The average Bonchev–Trinajstić information content (AvgIpc) is 3.48. The molecule has 3 rings (SSSR count). The first kappa shape index (κ1) is 36.9. The van der Waals surface area contributed by atoms with Gasteiger partial charge in [0.15, 0.2) is 22.8 Å². The molecule has 1 saturated heterocycles. The van der Waals surface area contributed by atoms with E-state index >= 15 is 0 Å². The minimum atomic E-state index is -1.30. The first-order valence-electron chi connectivity index (χ1n) is 15.2. The van der Waals surface area contributed by atoms with Gasteiger partial charge >= 0.3 is 5.97 Å². The summed E-state index contributed by atoms with van der Waals surface area (Å²) in [6, 6.07) is 7.09. The molecule has 1 fully saturated rings. The van der Waals surface area contributed by atoms with Crippen LogP contribution in [-0.4, -0.2) is 64.8 Å². The van der Waals surface area contributed by atoms with Crippen molar-refractivity contribution in [3.05, 3.63) is 65.0 Å². The molecule has 46 heavy (non-hydrogen) atoms. The summed E-state index contributed by atoms with van der Waals surface area (Å²) >= 11 is 1.31. The summed E-state index contributed by atoms with van der Waals surface area (Å²) in [5.41, 5.74) is 6.78. The second-order valence-corrected chi connectivity index (χ2v) is 13.9. The summed E-state index contributed by atoms with van der Waals surface area (Å²) in [6.07, 6.45) is -0.269. The quantitative estimate of drug-likeness (QED) is 0.198. The summed E-state index contributed by atoms with van der Waals surface area (Å²) in [4.78, 5) is 52.2. The fraction of sp³-hybridized carbons (Fsp3) is 0.515. The number of carbonyl (C=O) groups excluding carboxylic acids is 4. The predicted octanol–water partition coefficient (Wildman–Crippen LogP) is 4.57. The van der Waals surface area contributed by atoms with Crippen LogP contribution in [0.5, 0.6) is 0 Å². The Bertz CT molecular complexity index is 1400. The van der Waals surface area contributed by atoms with Crippen LogP contribution in [0.3, 0.4) is 0 Å². The highest BCUT2D eigenvalue weighted by atomic mass is 32.2. The van der Waals surface area contributed by atoms with Crippen LogP contribution in [0, 0.1) is 28.8 Å². The van der Waals surface area contributed by atoms with Gasteiger partial charge in [-0.25, -0.2) is 13.2 Å². The van der Waals surface area contributed by atoms with Gasteiger partial charge < -0.3 is 26.0 Å². The van der Waals surface area contributed by atoms with E-state index in [4.69, 9.17) is 10.5 Å². The molecular formula is C33H43F3N4O5S. The smallest absolute Gasteiger partial charge is 0.311 e. The molecule has 2 aromatic rings. The summed E-state index contributed by atoms with van der Waals surface area (Å²) in [6.45, 7) is 9.67. The number of nitrogens with one attached hydrogen (secondary N) is 2. The largest absolute Gasteiger partial charge is 0.465 e. The van der Waals surface area contributed by atoms with Crippen LogP contribution in [0.25, 0.3) is 0 Å². The molecule has 2 amide bonds. The number of Topliss-reactive ketones (excluding diaryl/α,β-unsaturated/α-hetero) is 1. The molecule has 9 nitrogen and oxygen atoms in total. The molecule has 4 N–H and O–H groups in total. The molecule has 3 atom stereocenters. The molecule has 1 heterocycles. The number of rotatable bonds is 14. The Balaban J connectivity index is 1.49. The van der Waals surface area contributed by atoms with Crippen LogP contribution < -0.4 is 16.4 Å². The third kappa shape index (κ3) is 10.5. The SMILES string of the molecule is CC(C)C(Nc1ccc(CNC(=O)[C@@H]2SCCN2C(=O)CC(N)Cc2cc(F)c(F)cc2F)cc1)C(=O)CCOC(=O)C(C)(C)C. The highest BCUT2D eigenvalue weighted by Crippen LogP contribution is 2.26. The van der Waals surface area contributed by atoms with Crippen LogP contribution in [-0.2, 0) is 36.9 Å². The number of amides is 2. The van der Waals surface area contributed by atoms with E-state index in [2.05, 4.69) is 10.6 Å². The van der Waals surface area contributed by atoms with Gasteiger partial charge in [0, 0.05) is 49.5 Å². The van der Waals surface area contributed by atoms with Gasteiger partial charge in [-0.3, -0.25) is 19.2 Å². The minimum Gasteiger partial charge on any atom is -0.465 e. The lowest BCUT2D eigenvalue weighted by Crippen LogP contribution is -2.46. The third-order valence-electron chi connectivity index (χ3n) is 7.39. The number of halogens is 3. The number of carbonyl (C=O) groups is 4. The van der Waals surface area contributed by atoms with Crippen molar-refractivity contribution in [2.75, 3.05) is 24.2 Å². The van der Waals surface area contributed by atoms with Gasteiger partial charge in [-0.15, -0.1) is 11.8 Å². The van der Waals surface area contributed by atoms with Crippen molar-refractivity contribution in [3.8, 4) is 0 Å². The van der Waals surface area contributed by atoms with E-state index in [0.29, 0.717) is 18.4 Å². The first-order valence-corrected chi connectivity index (χ1v) is 16.2. The lowest BCUT2D eigenvalue weighted by Gasteiger charge is -2.25. The Hall–Kier alpha value is -3.58. The highest BCUT2D eigenvalue weighted by Gasteiger charge is 2.35. The topological polar surface area (TPSA) is 131 Å². The maximum atomic E-state index is 14.0. The number of thioether (sulfide) groups is 1. The molecule has 0 bridgehead atoms. The van der Waals surface area contributed by atoms with Gasteiger partial charge in [0.1, 0.15) is 5.82 Å². The number of hydrogen-bond acceptors (Lipinski definition) is 8. The van der Waals surface area contributed by atoms with Gasteiger partial charge in [0.25, 0.3) is 5.91 Å². The molecule has 0 saturated carbocycles. The Labute approximate surface area is 272 Å². The monoisotopic (exact) mass is 664 g/mol. The second-order valence-electron chi connectivity index (χ2n) is 12.7. The zero-order valence-electron chi connectivity index (χ0n) is 26.8. The molecule has 0 radical (unpaired) electrons. The molecular weight excluding hydrogens is 621 g/mol. The highest BCUT2D eigenvalue weighted by molar-refractivity contribution is 8.00. The normalized spacial score (nSPS) is 16.2. The van der Waals surface area contributed by atoms with E-state index < -0.39 is 46.2 Å². The average molecular weight is 665 g/mol. The van der Waals surface area contributed by atoms with E-state index in [1.807, 2.05) is 26.0 Å². The van der Waals surface area contributed by atoms with E-state index in [9.17, 15) is 32.3 Å². The molecule has 252 valence electrons. The Kier molecular flexibility index (Phi) is 13.1. The number of ether oxygens (including phenoxy) is 1. The van der Waals surface area contributed by atoms with Gasteiger partial charge in [0.2, 0.25) is 5.91 Å². The summed E-state index contributed by atoms with van der Waals surface area (Å²) in [5.74, 6) is -4.08. The van der Waals surface area contributed by atoms with Crippen LogP contribution in [0.15, 0.2) is 36.4 Å². The molecule has 2 aromatic carbocycles. The van der Waals surface area contributed by atoms with Crippen molar-refractivity contribution in [2.24, 2.45) is 17.1 Å². The third-order valence-corrected chi connectivity index (χ3v) is 8.60. The fourth-order valence-electron chi connectivity index (χ4n) is 4.77. The molecule has 0 spiro atoms. The zero-order chi connectivity index (χ0) is 34.2. The molecule has 2 unspecified atom stereocenters. The number of anilines is 1. The van der Waals surface area contributed by atoms with E-state index in [0.717, 1.165) is 17.3 Å². The van der Waals surface area contributed by atoms with Crippen molar-refractivity contribution in [1.29, 1.82) is 0 Å². The minimum absolute atomic E-state index is 0.0130. The van der Waals surface area contributed by atoms with Crippen LogP contribution in [0.4, 0.5) is 18.9 Å². The van der Waals surface area contributed by atoms with Crippen molar-refractivity contribution < 1.29 is 37.1 Å². The van der Waals surface area contributed by atoms with Crippen molar-refractivity contribution in [2.45, 2.75) is 77.9 Å². The lowest BCUT2D eigenvalue weighted by atomic mass is 9.96. The van der Waals surface area contributed by atoms with Crippen molar-refractivity contribution >= 4 is 41.0 Å². The Morgan fingerprint density at radius 2 is 1.70 bits per heavy atom. The Morgan fingerprint density at radius 1 is 1.04 bits per heavy atom. The number of benzene rings is 2. The molecule has 1 aliphatic heterocycles. The summed E-state index contributed by atoms with van der Waals surface area (Å²) in [7, 11) is 0. The van der Waals surface area contributed by atoms with Crippen LogP contribution in [0.2, 0.25) is 0 Å². The van der Waals surface area contributed by atoms with Crippen molar-refractivity contribution in [1.82, 2.24) is 10.2 Å². The van der Waals surface area contributed by atoms with Gasteiger partial charge in [-0.1, -0.05) is 26.0 Å². The first-order chi connectivity index (χ1) is 21.6. The maximum absolute atomic E-state index is 14.0. The zero-order valence-corrected chi connectivity index (χ0v) is 27.6. The van der Waals surface area contributed by atoms with Crippen LogP contribution >= 0.6 is 11.8 Å². The van der Waals surface area contributed by atoms with Crippen LogP contribution in [0.1, 0.15) is 58.6 Å². The van der Waals surface area contributed by atoms with E-state index in [-0.39, 0.29) is 61.6 Å². The number of esters is 1. The summed E-state index contributed by atoms with van der Waals surface area (Å²) in [5, 5.41) is 5.34. The predicted molar refractivity (Wildman–Crippen MR) is 171 cm³/mol. The van der Waals surface area contributed by atoms with Gasteiger partial charge in [-0.2, -0.15) is 0 Å². The second kappa shape index (κ2) is 16.3. The Morgan fingerprint density at radius 3 is 2.33 bits per heavy atom. The van der Waals surface area contributed by atoms with Gasteiger partial charge in [-0.05, 0) is 62.4 Å². The molecule has 1 aliphatic rings. The standard InChI is InChI=1S/C33H43F3N4O5S/c1-19(2)29(27(41)10-12-45-32(44)33(3,4)5)39-23-8-6-20(7-9-23)18-38-30(43)31-40(11-13-46-31)28(42)16-22(37)14-21-15-25(35)26(36)17-24(21)34/h6-9,15,17,19,22,29,31,39H,10-14,16,18,37H2,1-5H3,(H,38,43)/t22?,29?,31-/m0/s1.